The van der Waals surface area contributed by atoms with Gasteiger partial charge < -0.3 is 19.5 Å². The minimum absolute atomic E-state index is 0.0545. The molecule has 0 spiro atoms. The van der Waals surface area contributed by atoms with Crippen molar-refractivity contribution in [2.45, 2.75) is 64.2 Å². The van der Waals surface area contributed by atoms with E-state index in [4.69, 9.17) is 14.2 Å². The van der Waals surface area contributed by atoms with E-state index >= 15 is 0 Å². The predicted octanol–water partition coefficient (Wildman–Crippen LogP) is 3.84. The van der Waals surface area contributed by atoms with Crippen molar-refractivity contribution >= 4 is 18.1 Å². The molecule has 3 rings (SSSR count). The highest BCUT2D eigenvalue weighted by Gasteiger charge is 2.28. The van der Waals surface area contributed by atoms with Gasteiger partial charge in [0.1, 0.15) is 24.1 Å². The van der Waals surface area contributed by atoms with Crippen molar-refractivity contribution in [2.24, 2.45) is 0 Å². The molecular formula is C21H27NO5. The van der Waals surface area contributed by atoms with Gasteiger partial charge in [-0.3, -0.25) is 0 Å². The monoisotopic (exact) mass is 373 g/mol. The molecule has 0 saturated heterocycles. The molecule has 6 nitrogen and oxygen atoms in total. The molecule has 1 aromatic carbocycles. The summed E-state index contributed by atoms with van der Waals surface area (Å²) in [6.07, 6.45) is 4.26. The van der Waals surface area contributed by atoms with Crippen molar-refractivity contribution < 1.29 is 23.8 Å². The van der Waals surface area contributed by atoms with Crippen LogP contribution in [-0.2, 0) is 14.3 Å². The van der Waals surface area contributed by atoms with Crippen molar-refractivity contribution in [1.29, 1.82) is 0 Å². The molecular weight excluding hydrogens is 346 g/mol. The van der Waals surface area contributed by atoms with Gasteiger partial charge >= 0.3 is 12.1 Å². The highest BCUT2D eigenvalue weighted by atomic mass is 16.6. The van der Waals surface area contributed by atoms with Crippen LogP contribution in [0.2, 0.25) is 0 Å². The lowest BCUT2D eigenvalue weighted by Crippen LogP contribution is -2.42. The Morgan fingerprint density at radius 3 is 2.52 bits per heavy atom. The molecule has 1 amide bonds. The maximum absolute atomic E-state index is 12.4. The number of hydrogen-bond donors (Lipinski definition) is 1. The van der Waals surface area contributed by atoms with Gasteiger partial charge in [-0.2, -0.15) is 0 Å². The summed E-state index contributed by atoms with van der Waals surface area (Å²) in [4.78, 5) is 24.3. The molecule has 0 radical (unpaired) electrons. The van der Waals surface area contributed by atoms with Gasteiger partial charge in [0.25, 0.3) is 0 Å². The Balaban J connectivity index is 1.46. The summed E-state index contributed by atoms with van der Waals surface area (Å²) < 4.78 is 16.5. The van der Waals surface area contributed by atoms with Crippen LogP contribution in [-0.4, -0.2) is 36.4 Å². The molecule has 1 N–H and O–H groups in total. The highest BCUT2D eigenvalue weighted by Crippen LogP contribution is 2.28. The van der Waals surface area contributed by atoms with Gasteiger partial charge in [-0.15, -0.1) is 0 Å². The normalized spacial score (nSPS) is 22.0. The van der Waals surface area contributed by atoms with Gasteiger partial charge in [0.15, 0.2) is 0 Å². The first-order valence-electron chi connectivity index (χ1n) is 9.43. The van der Waals surface area contributed by atoms with E-state index in [1.807, 2.05) is 51.1 Å². The summed E-state index contributed by atoms with van der Waals surface area (Å²) in [7, 11) is 0. The average molecular weight is 373 g/mol. The number of esters is 1. The second-order valence-corrected chi connectivity index (χ2v) is 8.02. The average Bonchev–Trinajstić information content (AvgIpc) is 2.61. The summed E-state index contributed by atoms with van der Waals surface area (Å²) >= 11 is 0. The molecule has 1 aliphatic carbocycles. The van der Waals surface area contributed by atoms with Gasteiger partial charge in [-0.1, -0.05) is 18.2 Å². The summed E-state index contributed by atoms with van der Waals surface area (Å²) in [5.41, 5.74) is 0.911. The number of amides is 1. The number of carbonyl (C=O) groups excluding carboxylic acids is 2. The molecule has 146 valence electrons. The molecule has 1 saturated carbocycles. The van der Waals surface area contributed by atoms with Crippen molar-refractivity contribution in [2.75, 3.05) is 6.61 Å². The number of para-hydroxylation sites is 1. The van der Waals surface area contributed by atoms with Crippen molar-refractivity contribution in [3.63, 3.8) is 0 Å². The maximum Gasteiger partial charge on any atom is 0.407 e. The summed E-state index contributed by atoms with van der Waals surface area (Å²) in [5, 5.41) is 2.89. The van der Waals surface area contributed by atoms with Gasteiger partial charge in [0.2, 0.25) is 0 Å². The fraction of sp³-hybridized carbons (Fsp3) is 0.524. The number of alkyl carbamates (subject to hydrolysis) is 1. The number of carbonyl (C=O) groups is 2. The molecule has 0 bridgehead atoms. The zero-order valence-electron chi connectivity index (χ0n) is 16.1. The molecule has 1 fully saturated rings. The van der Waals surface area contributed by atoms with E-state index in [9.17, 15) is 9.59 Å². The van der Waals surface area contributed by atoms with Crippen molar-refractivity contribution in [3.8, 4) is 5.75 Å². The molecule has 27 heavy (non-hydrogen) atoms. The molecule has 1 heterocycles. The molecule has 6 heteroatoms. The molecule has 2 aliphatic rings. The molecule has 0 atom stereocenters. The summed E-state index contributed by atoms with van der Waals surface area (Å²) in [6.45, 7) is 5.74. The van der Waals surface area contributed by atoms with E-state index in [0.29, 0.717) is 5.57 Å². The molecule has 0 aromatic heterocycles. The van der Waals surface area contributed by atoms with E-state index in [-0.39, 0.29) is 24.7 Å². The Morgan fingerprint density at radius 2 is 1.81 bits per heavy atom. The SMILES string of the molecule is CC(C)(C)OC(=O)NC1CCC(OC(=O)C2=Cc3ccccc3OC2)CC1. The Morgan fingerprint density at radius 1 is 1.11 bits per heavy atom. The number of fused-ring (bicyclic) bond motifs is 1. The van der Waals surface area contributed by atoms with Crippen molar-refractivity contribution in [1.82, 2.24) is 5.32 Å². The predicted molar refractivity (Wildman–Crippen MR) is 101 cm³/mol. The number of ether oxygens (including phenoxy) is 3. The second kappa shape index (κ2) is 8.03. The van der Waals surface area contributed by atoms with Crippen LogP contribution >= 0.6 is 0 Å². The van der Waals surface area contributed by atoms with Crippen LogP contribution in [0.4, 0.5) is 4.79 Å². The Hall–Kier alpha value is -2.50. The van der Waals surface area contributed by atoms with Gasteiger partial charge in [-0.25, -0.2) is 9.59 Å². The Labute approximate surface area is 159 Å². The molecule has 1 aromatic rings. The fourth-order valence-electron chi connectivity index (χ4n) is 3.26. The fourth-order valence-corrected chi connectivity index (χ4v) is 3.26. The zero-order chi connectivity index (χ0) is 19.4. The van der Waals surface area contributed by atoms with Crippen LogP contribution < -0.4 is 10.1 Å². The largest absolute Gasteiger partial charge is 0.488 e. The first kappa shape index (κ1) is 19.3. The van der Waals surface area contributed by atoms with Crippen LogP contribution in [0.15, 0.2) is 29.8 Å². The van der Waals surface area contributed by atoms with E-state index in [2.05, 4.69) is 5.32 Å². The maximum atomic E-state index is 12.4. The Kier molecular flexibility index (Phi) is 5.73. The topological polar surface area (TPSA) is 73.9 Å². The quantitative estimate of drug-likeness (QED) is 0.815. The van der Waals surface area contributed by atoms with E-state index in [0.717, 1.165) is 37.0 Å². The smallest absolute Gasteiger partial charge is 0.407 e. The Bertz CT molecular complexity index is 726. The molecule has 0 unspecified atom stereocenters. The highest BCUT2D eigenvalue weighted by molar-refractivity contribution is 5.95. The van der Waals surface area contributed by atoms with Crippen LogP contribution in [0, 0.1) is 0 Å². The third-order valence-corrected chi connectivity index (χ3v) is 4.56. The minimum Gasteiger partial charge on any atom is -0.488 e. The molecule has 1 aliphatic heterocycles. The second-order valence-electron chi connectivity index (χ2n) is 8.02. The van der Waals surface area contributed by atoms with Gasteiger partial charge in [0, 0.05) is 11.6 Å². The number of benzene rings is 1. The summed E-state index contributed by atoms with van der Waals surface area (Å²) in [6, 6.07) is 7.66. The van der Waals surface area contributed by atoms with E-state index in [1.54, 1.807) is 0 Å². The summed E-state index contributed by atoms with van der Waals surface area (Å²) in [5.74, 6) is 0.454. The third-order valence-electron chi connectivity index (χ3n) is 4.56. The first-order chi connectivity index (χ1) is 12.8. The lowest BCUT2D eigenvalue weighted by atomic mass is 9.93. The van der Waals surface area contributed by atoms with E-state index in [1.165, 1.54) is 0 Å². The lowest BCUT2D eigenvalue weighted by Gasteiger charge is -2.30. The third kappa shape index (κ3) is 5.49. The lowest BCUT2D eigenvalue weighted by molar-refractivity contribution is -0.146. The van der Waals surface area contributed by atoms with Crippen LogP contribution in [0.1, 0.15) is 52.0 Å². The van der Waals surface area contributed by atoms with Gasteiger partial charge in [-0.05, 0) is 58.6 Å². The van der Waals surface area contributed by atoms with Crippen LogP contribution in [0.25, 0.3) is 6.08 Å². The standard InChI is InChI=1S/C21H27NO5/c1-21(2,3)27-20(24)22-16-8-10-17(11-9-16)26-19(23)15-12-14-6-4-5-7-18(14)25-13-15/h4-7,12,16-17H,8-11,13H2,1-3H3,(H,22,24). The van der Waals surface area contributed by atoms with E-state index < -0.39 is 11.7 Å². The minimum atomic E-state index is -0.509. The van der Waals surface area contributed by atoms with Crippen LogP contribution in [0.3, 0.4) is 0 Å². The zero-order valence-corrected chi connectivity index (χ0v) is 16.1. The van der Waals surface area contributed by atoms with Gasteiger partial charge in [0.05, 0.1) is 5.57 Å². The van der Waals surface area contributed by atoms with Crippen LogP contribution in [0.5, 0.6) is 5.75 Å². The number of nitrogens with one attached hydrogen (secondary N) is 1. The first-order valence-corrected chi connectivity index (χ1v) is 9.43. The number of hydrogen-bond acceptors (Lipinski definition) is 5. The number of rotatable bonds is 3. The van der Waals surface area contributed by atoms with Crippen molar-refractivity contribution in [3.05, 3.63) is 35.4 Å².